The first-order valence-electron chi connectivity index (χ1n) is 7.54. The third-order valence-corrected chi connectivity index (χ3v) is 4.26. The van der Waals surface area contributed by atoms with Gasteiger partial charge in [-0.3, -0.25) is 0 Å². The molecule has 2 aromatic heterocycles. The Kier molecular flexibility index (Phi) is 4.76. The van der Waals surface area contributed by atoms with E-state index in [-0.39, 0.29) is 0 Å². The second-order valence-corrected chi connectivity index (χ2v) is 6.66. The topological polar surface area (TPSA) is 69.6 Å². The highest BCUT2D eigenvalue weighted by molar-refractivity contribution is 7.98. The average Bonchev–Trinajstić information content (AvgIpc) is 3.12. The molecule has 0 N–H and O–H groups in total. The van der Waals surface area contributed by atoms with E-state index in [1.54, 1.807) is 11.8 Å². The minimum atomic E-state index is 0.497. The van der Waals surface area contributed by atoms with Gasteiger partial charge in [-0.1, -0.05) is 43.8 Å². The van der Waals surface area contributed by atoms with Gasteiger partial charge in [0.2, 0.25) is 11.0 Å². The van der Waals surface area contributed by atoms with Gasteiger partial charge in [-0.05, 0) is 35.4 Å². The molecule has 6 nitrogen and oxygen atoms in total. The fourth-order valence-electron chi connectivity index (χ4n) is 2.16. The van der Waals surface area contributed by atoms with Crippen molar-refractivity contribution in [3.63, 3.8) is 0 Å². The van der Waals surface area contributed by atoms with Crippen LogP contribution in [-0.2, 0) is 12.3 Å². The van der Waals surface area contributed by atoms with Crippen molar-refractivity contribution in [1.82, 2.24) is 25.2 Å². The van der Waals surface area contributed by atoms with Crippen LogP contribution in [0.15, 0.2) is 39.9 Å². The van der Waals surface area contributed by atoms with Crippen molar-refractivity contribution in [3.05, 3.63) is 41.8 Å². The van der Waals surface area contributed by atoms with Gasteiger partial charge in [0.15, 0.2) is 0 Å². The predicted molar refractivity (Wildman–Crippen MR) is 88.9 cm³/mol. The molecule has 0 fully saturated rings. The standard InChI is InChI=1S/C16H19N5OS/c1-11(2)9-21-16(18-19-20-21)23-10-14-12(3)22-15(17-14)13-7-5-4-6-8-13/h4-8,11H,9-10H2,1-3H3. The molecule has 7 heteroatoms. The fraction of sp³-hybridized carbons (Fsp3) is 0.375. The summed E-state index contributed by atoms with van der Waals surface area (Å²) in [6.45, 7) is 7.03. The molecule has 0 amide bonds. The third kappa shape index (κ3) is 3.79. The maximum atomic E-state index is 5.78. The van der Waals surface area contributed by atoms with Crippen molar-refractivity contribution in [2.45, 2.75) is 38.2 Å². The SMILES string of the molecule is Cc1oc(-c2ccccc2)nc1CSc1nnnn1CC(C)C. The summed E-state index contributed by atoms with van der Waals surface area (Å²) in [5.74, 6) is 2.66. The molecule has 23 heavy (non-hydrogen) atoms. The van der Waals surface area contributed by atoms with Crippen LogP contribution in [0.25, 0.3) is 11.5 Å². The molecule has 0 bridgehead atoms. The number of hydrogen-bond donors (Lipinski definition) is 0. The molecule has 0 aliphatic carbocycles. The number of oxazole rings is 1. The lowest BCUT2D eigenvalue weighted by Crippen LogP contribution is -2.07. The highest BCUT2D eigenvalue weighted by Gasteiger charge is 2.14. The fourth-order valence-corrected chi connectivity index (χ4v) is 3.05. The van der Waals surface area contributed by atoms with E-state index < -0.39 is 0 Å². The summed E-state index contributed by atoms with van der Waals surface area (Å²) in [6.07, 6.45) is 0. The maximum Gasteiger partial charge on any atom is 0.226 e. The van der Waals surface area contributed by atoms with Crippen LogP contribution in [0.5, 0.6) is 0 Å². The molecule has 3 aromatic rings. The van der Waals surface area contributed by atoms with E-state index in [9.17, 15) is 0 Å². The van der Waals surface area contributed by atoms with Crippen LogP contribution < -0.4 is 0 Å². The molecule has 0 aliphatic heterocycles. The number of thioether (sulfide) groups is 1. The summed E-state index contributed by atoms with van der Waals surface area (Å²) in [5, 5.41) is 12.7. The number of nitrogens with zero attached hydrogens (tertiary/aromatic N) is 5. The van der Waals surface area contributed by atoms with Gasteiger partial charge in [-0.15, -0.1) is 5.10 Å². The molecule has 0 aliphatic rings. The van der Waals surface area contributed by atoms with Gasteiger partial charge in [-0.25, -0.2) is 9.67 Å². The lowest BCUT2D eigenvalue weighted by molar-refractivity contribution is 0.445. The van der Waals surface area contributed by atoms with E-state index >= 15 is 0 Å². The van der Waals surface area contributed by atoms with Crippen molar-refractivity contribution in [2.24, 2.45) is 5.92 Å². The van der Waals surface area contributed by atoms with Gasteiger partial charge < -0.3 is 4.42 Å². The summed E-state index contributed by atoms with van der Waals surface area (Å²) >= 11 is 1.58. The van der Waals surface area contributed by atoms with Gasteiger partial charge in [-0.2, -0.15) is 0 Å². The zero-order valence-corrected chi connectivity index (χ0v) is 14.2. The highest BCUT2D eigenvalue weighted by atomic mass is 32.2. The third-order valence-electron chi connectivity index (χ3n) is 3.29. The molecule has 3 rings (SSSR count). The number of aryl methyl sites for hydroxylation is 1. The van der Waals surface area contributed by atoms with Crippen molar-refractivity contribution < 1.29 is 4.42 Å². The molecule has 0 unspecified atom stereocenters. The zero-order valence-electron chi connectivity index (χ0n) is 13.4. The van der Waals surface area contributed by atoms with E-state index in [0.29, 0.717) is 17.6 Å². The number of rotatable bonds is 6. The second kappa shape index (κ2) is 6.95. The molecule has 0 radical (unpaired) electrons. The Balaban J connectivity index is 1.72. The molecular formula is C16H19N5OS. The molecule has 1 aromatic carbocycles. The zero-order chi connectivity index (χ0) is 16.2. The number of hydrogen-bond acceptors (Lipinski definition) is 6. The molecule has 2 heterocycles. The Morgan fingerprint density at radius 3 is 2.74 bits per heavy atom. The largest absolute Gasteiger partial charge is 0.441 e. The molecule has 0 spiro atoms. The predicted octanol–water partition coefficient (Wildman–Crippen LogP) is 3.58. The van der Waals surface area contributed by atoms with Crippen LogP contribution in [0.1, 0.15) is 25.3 Å². The Morgan fingerprint density at radius 1 is 1.22 bits per heavy atom. The van der Waals surface area contributed by atoms with E-state index in [4.69, 9.17) is 4.42 Å². The van der Waals surface area contributed by atoms with Gasteiger partial charge in [0.1, 0.15) is 5.76 Å². The summed E-state index contributed by atoms with van der Waals surface area (Å²) in [5.41, 5.74) is 1.91. The van der Waals surface area contributed by atoms with Crippen LogP contribution in [0.2, 0.25) is 0 Å². The van der Waals surface area contributed by atoms with Crippen molar-refractivity contribution in [1.29, 1.82) is 0 Å². The molecular weight excluding hydrogens is 310 g/mol. The molecule has 0 atom stereocenters. The number of aromatic nitrogens is 5. The quantitative estimate of drug-likeness (QED) is 0.644. The first-order chi connectivity index (χ1) is 11.1. The van der Waals surface area contributed by atoms with E-state index in [0.717, 1.165) is 28.7 Å². The first kappa shape index (κ1) is 15.7. The van der Waals surface area contributed by atoms with Crippen LogP contribution >= 0.6 is 11.8 Å². The maximum absolute atomic E-state index is 5.78. The Labute approximate surface area is 139 Å². The van der Waals surface area contributed by atoms with E-state index in [1.165, 1.54) is 0 Å². The van der Waals surface area contributed by atoms with Crippen molar-refractivity contribution in [3.8, 4) is 11.5 Å². The average molecular weight is 329 g/mol. The molecule has 0 saturated carbocycles. The van der Waals surface area contributed by atoms with Crippen LogP contribution in [-0.4, -0.2) is 25.2 Å². The normalized spacial score (nSPS) is 11.3. The second-order valence-electron chi connectivity index (χ2n) is 5.71. The summed E-state index contributed by atoms with van der Waals surface area (Å²) in [6, 6.07) is 9.91. The van der Waals surface area contributed by atoms with E-state index in [1.807, 2.05) is 41.9 Å². The smallest absolute Gasteiger partial charge is 0.226 e. The monoisotopic (exact) mass is 329 g/mol. The van der Waals surface area contributed by atoms with Gasteiger partial charge in [0.25, 0.3) is 0 Å². The van der Waals surface area contributed by atoms with Gasteiger partial charge in [0, 0.05) is 17.9 Å². The lowest BCUT2D eigenvalue weighted by atomic mass is 10.2. The summed E-state index contributed by atoms with van der Waals surface area (Å²) in [7, 11) is 0. The van der Waals surface area contributed by atoms with Crippen LogP contribution in [0.4, 0.5) is 0 Å². The minimum absolute atomic E-state index is 0.497. The Bertz CT molecular complexity index is 766. The number of tetrazole rings is 1. The van der Waals surface area contributed by atoms with Crippen LogP contribution in [0, 0.1) is 12.8 Å². The first-order valence-corrected chi connectivity index (χ1v) is 8.52. The molecule has 120 valence electrons. The highest BCUT2D eigenvalue weighted by Crippen LogP contribution is 2.26. The Morgan fingerprint density at radius 2 is 2.00 bits per heavy atom. The summed E-state index contributed by atoms with van der Waals surface area (Å²) < 4.78 is 7.62. The van der Waals surface area contributed by atoms with Crippen LogP contribution in [0.3, 0.4) is 0 Å². The van der Waals surface area contributed by atoms with Crippen molar-refractivity contribution >= 4 is 11.8 Å². The van der Waals surface area contributed by atoms with E-state index in [2.05, 4.69) is 34.4 Å². The lowest BCUT2D eigenvalue weighted by Gasteiger charge is -2.05. The Hall–Kier alpha value is -2.15. The number of benzene rings is 1. The van der Waals surface area contributed by atoms with Gasteiger partial charge in [0.05, 0.1) is 5.69 Å². The summed E-state index contributed by atoms with van der Waals surface area (Å²) in [4.78, 5) is 4.60. The minimum Gasteiger partial charge on any atom is -0.441 e. The molecule has 0 saturated heterocycles. The van der Waals surface area contributed by atoms with Crippen molar-refractivity contribution in [2.75, 3.05) is 0 Å². The van der Waals surface area contributed by atoms with Gasteiger partial charge >= 0.3 is 0 Å².